The molecule has 3 heterocycles. The minimum Gasteiger partial charge on any atom is -0.490 e. The average molecular weight is 934 g/mol. The topological polar surface area (TPSA) is 218 Å². The second-order valence-electron chi connectivity index (χ2n) is 18.5. The molecule has 0 saturated carbocycles. The molecule has 0 aliphatic carbocycles. The summed E-state index contributed by atoms with van der Waals surface area (Å²) in [7, 11) is 2.87. The van der Waals surface area contributed by atoms with Gasteiger partial charge >= 0.3 is 24.0 Å². The molecule has 0 aromatic carbocycles. The molecule has 0 bridgehead atoms. The van der Waals surface area contributed by atoms with Crippen molar-refractivity contribution in [3.63, 3.8) is 0 Å². The van der Waals surface area contributed by atoms with Crippen molar-refractivity contribution in [2.45, 2.75) is 182 Å². The maximum atomic E-state index is 14.1. The first-order valence-electron chi connectivity index (χ1n) is 23.3. The summed E-state index contributed by atoms with van der Waals surface area (Å²) >= 11 is 0. The molecular weight excluding hydrogens is 855 g/mol. The molecule has 3 rings (SSSR count). The van der Waals surface area contributed by atoms with Gasteiger partial charge in [-0.25, -0.2) is 9.59 Å². The highest BCUT2D eigenvalue weighted by atomic mass is 16.7. The van der Waals surface area contributed by atoms with Crippen molar-refractivity contribution in [3.8, 4) is 0 Å². The first kappa shape index (κ1) is 56.3. The highest BCUT2D eigenvalue weighted by Gasteiger charge is 2.47. The number of methoxy groups -OCH3 is 2. The zero-order valence-corrected chi connectivity index (χ0v) is 41.5. The number of aliphatic hydroxyl groups is 2. The van der Waals surface area contributed by atoms with Gasteiger partial charge in [0.1, 0.15) is 24.4 Å². The van der Waals surface area contributed by atoms with Crippen molar-refractivity contribution in [2.24, 2.45) is 41.2 Å². The van der Waals surface area contributed by atoms with E-state index in [0.29, 0.717) is 24.8 Å². The predicted octanol–water partition coefficient (Wildman–Crippen LogP) is 6.81. The van der Waals surface area contributed by atoms with Gasteiger partial charge in [0.15, 0.2) is 12.4 Å². The van der Waals surface area contributed by atoms with Gasteiger partial charge in [-0.1, -0.05) is 89.1 Å². The Hall–Kier alpha value is -4.06. The van der Waals surface area contributed by atoms with Crippen molar-refractivity contribution in [3.05, 3.63) is 59.4 Å². The quantitative estimate of drug-likeness (QED) is 0.0982. The van der Waals surface area contributed by atoms with Crippen LogP contribution in [-0.2, 0) is 57.0 Å². The van der Waals surface area contributed by atoms with Crippen molar-refractivity contribution < 1.29 is 72.0 Å². The minimum absolute atomic E-state index is 0.0785. The number of hydrogen-bond donors (Lipinski definition) is 3. The van der Waals surface area contributed by atoms with Crippen molar-refractivity contribution in [1.82, 2.24) is 0 Å². The Labute approximate surface area is 392 Å². The van der Waals surface area contributed by atoms with Gasteiger partial charge in [-0.2, -0.15) is 0 Å². The molecule has 0 aromatic rings. The second-order valence-corrected chi connectivity index (χ2v) is 18.5. The maximum absolute atomic E-state index is 14.1. The monoisotopic (exact) mass is 934 g/mol. The van der Waals surface area contributed by atoms with Crippen LogP contribution in [0.4, 0.5) is 4.79 Å². The number of rotatable bonds is 13. The van der Waals surface area contributed by atoms with E-state index in [0.717, 1.165) is 5.57 Å². The lowest BCUT2D eigenvalue weighted by molar-refractivity contribution is -0.281. The summed E-state index contributed by atoms with van der Waals surface area (Å²) in [6.07, 6.45) is 4.10. The lowest BCUT2D eigenvalue weighted by atomic mass is 9.79. The number of cyclic esters (lactones) is 1. The average Bonchev–Trinajstić information content (AvgIpc) is 3.24. The standard InChI is InChI=1S/C50H79NO15/c1-15-18-37-30(7)39(64-43-25-41(61-34(11)52)48(33(10)60-43)66-50(51)57)24-40(63-37)31(8)45(55)32(9)47-38(58-13)20-17-19-26(3)21-29(6)46(62-35(12)53)36(16-2)44(54)28(5)22-27(4)23-42(59-14)49(56)65-47/h15,17-20,22-23,28-33,36-41,43-48,54-55H,16,21,24-25H2,1-14H3,(H2,51,57)/b18-15+,20-17+,26-19+,27-22+,42-23-/t28-,29-,30-,31-,32+,33-,36-,37-,38+,39-,40-,41-,43+,44-,45+,46+,47-,48-/m1/s1. The fourth-order valence-corrected chi connectivity index (χ4v) is 9.62. The first-order chi connectivity index (χ1) is 31.1. The van der Waals surface area contributed by atoms with Gasteiger partial charge in [-0.05, 0) is 52.5 Å². The van der Waals surface area contributed by atoms with E-state index < -0.39 is 109 Å². The van der Waals surface area contributed by atoms with Gasteiger partial charge in [0, 0.05) is 63.4 Å². The van der Waals surface area contributed by atoms with Crippen LogP contribution in [0.5, 0.6) is 0 Å². The van der Waals surface area contributed by atoms with E-state index in [-0.39, 0.29) is 35.9 Å². The molecule has 1 amide bonds. The number of allylic oxidation sites excluding steroid dienone is 6. The Kier molecular flexibility index (Phi) is 22.6. The molecule has 2 saturated heterocycles. The molecule has 2 fully saturated rings. The number of nitrogens with two attached hydrogens (primary N) is 1. The molecule has 0 aromatic heterocycles. The van der Waals surface area contributed by atoms with Crippen LogP contribution in [0.25, 0.3) is 0 Å². The highest BCUT2D eigenvalue weighted by Crippen LogP contribution is 2.38. The fourth-order valence-electron chi connectivity index (χ4n) is 9.62. The molecule has 0 unspecified atom stereocenters. The van der Waals surface area contributed by atoms with E-state index in [1.165, 1.54) is 28.1 Å². The van der Waals surface area contributed by atoms with E-state index >= 15 is 0 Å². The number of esters is 3. The van der Waals surface area contributed by atoms with Gasteiger partial charge in [0.25, 0.3) is 0 Å². The van der Waals surface area contributed by atoms with Crippen LogP contribution in [-0.4, -0.2) is 122 Å². The lowest BCUT2D eigenvalue weighted by Crippen LogP contribution is -2.55. The summed E-state index contributed by atoms with van der Waals surface area (Å²) in [5, 5.41) is 23.9. The summed E-state index contributed by atoms with van der Waals surface area (Å²) in [5.74, 6) is -4.18. The number of carbonyl (C=O) groups excluding carboxylic acids is 4. The van der Waals surface area contributed by atoms with Gasteiger partial charge in [-0.15, -0.1) is 0 Å². The van der Waals surface area contributed by atoms with E-state index in [1.54, 1.807) is 32.9 Å². The molecule has 16 nitrogen and oxygen atoms in total. The van der Waals surface area contributed by atoms with E-state index in [2.05, 4.69) is 0 Å². The number of aliphatic hydroxyl groups excluding tert-OH is 2. The van der Waals surface area contributed by atoms with Crippen LogP contribution in [0.3, 0.4) is 0 Å². The Balaban J connectivity index is 2.01. The predicted molar refractivity (Wildman–Crippen MR) is 246 cm³/mol. The number of primary amides is 1. The van der Waals surface area contributed by atoms with Crippen LogP contribution in [0, 0.1) is 35.5 Å². The van der Waals surface area contributed by atoms with Gasteiger partial charge < -0.3 is 58.6 Å². The summed E-state index contributed by atoms with van der Waals surface area (Å²) in [5.41, 5.74) is 6.92. The number of carbonyl (C=O) groups is 4. The summed E-state index contributed by atoms with van der Waals surface area (Å²) in [4.78, 5) is 50.1. The summed E-state index contributed by atoms with van der Waals surface area (Å²) in [6.45, 7) is 21.5. The second kappa shape index (κ2) is 26.5. The minimum atomic E-state index is -1.11. The Bertz CT molecular complexity index is 1760. The molecule has 18 atom stereocenters. The van der Waals surface area contributed by atoms with Crippen LogP contribution < -0.4 is 5.73 Å². The molecule has 0 radical (unpaired) electrons. The van der Waals surface area contributed by atoms with Crippen LogP contribution in [0.15, 0.2) is 59.4 Å². The molecule has 374 valence electrons. The van der Waals surface area contributed by atoms with Crippen molar-refractivity contribution >= 4 is 24.0 Å². The highest BCUT2D eigenvalue weighted by molar-refractivity contribution is 5.87. The zero-order chi connectivity index (χ0) is 49.6. The molecule has 3 aliphatic heterocycles. The van der Waals surface area contributed by atoms with Crippen molar-refractivity contribution in [2.75, 3.05) is 14.2 Å². The van der Waals surface area contributed by atoms with Gasteiger partial charge in [0.05, 0.1) is 43.7 Å². The molecule has 4 N–H and O–H groups in total. The third kappa shape index (κ3) is 15.8. The third-order valence-electron chi connectivity index (χ3n) is 13.2. The van der Waals surface area contributed by atoms with E-state index in [1.807, 2.05) is 78.8 Å². The molecule has 16 heteroatoms. The summed E-state index contributed by atoms with van der Waals surface area (Å²) in [6, 6.07) is 0. The molecule has 0 spiro atoms. The fraction of sp³-hybridized carbons (Fsp3) is 0.720. The smallest absolute Gasteiger partial charge is 0.404 e. The largest absolute Gasteiger partial charge is 0.490 e. The maximum Gasteiger partial charge on any atom is 0.404 e. The Morgan fingerprint density at radius 2 is 1.62 bits per heavy atom. The first-order valence-corrected chi connectivity index (χ1v) is 23.3. The zero-order valence-electron chi connectivity index (χ0n) is 41.5. The third-order valence-corrected chi connectivity index (χ3v) is 13.2. The normalized spacial score (nSPS) is 38.5. The molecule has 3 aliphatic rings. The van der Waals surface area contributed by atoms with Crippen LogP contribution in [0.1, 0.15) is 109 Å². The van der Waals surface area contributed by atoms with E-state index in [4.69, 9.17) is 48.4 Å². The number of amides is 1. The number of hydrogen-bond acceptors (Lipinski definition) is 15. The SMILES string of the molecule is C/C=C/[C@H]1O[C@@H]([C@@H](C)[C@H](O)[C@H](C)[C@H]2OC(=O)/C(OC)=C/C(C)=C/[C@@H](C)[C@@H](O)[C@@H](CC)[C@@H](OC(C)=O)[C@H](C)C/C(C)=C/C=C/[C@@H]2OC)C[C@@H](O[C@H]2C[C@@H](OC(C)=O)[C@H](OC(N)=O)[C@@H](C)O2)[C@@H]1C. The Morgan fingerprint density at radius 3 is 2.20 bits per heavy atom. The lowest BCUT2D eigenvalue weighted by Gasteiger charge is -2.46. The van der Waals surface area contributed by atoms with Gasteiger partial charge in [0.2, 0.25) is 5.76 Å². The Morgan fingerprint density at radius 1 is 0.955 bits per heavy atom. The molecule has 66 heavy (non-hydrogen) atoms. The van der Waals surface area contributed by atoms with Crippen molar-refractivity contribution in [1.29, 1.82) is 0 Å². The van der Waals surface area contributed by atoms with Crippen LogP contribution >= 0.6 is 0 Å². The van der Waals surface area contributed by atoms with Crippen LogP contribution in [0.2, 0.25) is 0 Å². The number of ether oxygens (including phenoxy) is 9. The van der Waals surface area contributed by atoms with E-state index in [9.17, 15) is 29.4 Å². The van der Waals surface area contributed by atoms with Gasteiger partial charge in [-0.3, -0.25) is 9.59 Å². The summed E-state index contributed by atoms with van der Waals surface area (Å²) < 4.78 is 53.9. The molecular formula is C50H79NO15.